The van der Waals surface area contributed by atoms with Gasteiger partial charge in [0.1, 0.15) is 6.61 Å². The molecule has 0 saturated carbocycles. The van der Waals surface area contributed by atoms with Crippen molar-refractivity contribution in [2.45, 2.75) is 19.4 Å². The van der Waals surface area contributed by atoms with Crippen molar-refractivity contribution >= 4 is 27.3 Å². The number of hydrogen-bond donors (Lipinski definition) is 1. The molecule has 4 heteroatoms. The fourth-order valence-electron chi connectivity index (χ4n) is 2.02. The van der Waals surface area contributed by atoms with Crippen LogP contribution >= 0.6 is 11.3 Å². The van der Waals surface area contributed by atoms with Gasteiger partial charge in [0, 0.05) is 17.9 Å². The van der Waals surface area contributed by atoms with Crippen LogP contribution in [0.4, 0.5) is 0 Å². The number of carbonyl (C=O) groups is 1. The van der Waals surface area contributed by atoms with Gasteiger partial charge >= 0.3 is 0 Å². The van der Waals surface area contributed by atoms with Gasteiger partial charge in [-0.1, -0.05) is 18.2 Å². The highest BCUT2D eigenvalue weighted by Gasteiger charge is 2.10. The molecule has 0 spiro atoms. The van der Waals surface area contributed by atoms with Crippen LogP contribution in [0.3, 0.4) is 0 Å². The molecule has 2 aromatic rings. The highest BCUT2D eigenvalue weighted by molar-refractivity contribution is 7.17. The molecule has 1 aromatic carbocycles. The molecule has 1 amide bonds. The molecule has 1 N–H and O–H groups in total. The van der Waals surface area contributed by atoms with E-state index in [0.717, 1.165) is 6.42 Å². The van der Waals surface area contributed by atoms with E-state index in [-0.39, 0.29) is 18.6 Å². The summed E-state index contributed by atoms with van der Waals surface area (Å²) < 4.78 is 6.09. The third kappa shape index (κ3) is 3.09. The van der Waals surface area contributed by atoms with Crippen LogP contribution < -0.4 is 5.32 Å². The number of hydrogen-bond acceptors (Lipinski definition) is 3. The molecule has 3 nitrogen and oxygen atoms in total. The first kappa shape index (κ1) is 13.1. The molecule has 0 bridgehead atoms. The topological polar surface area (TPSA) is 38.3 Å². The number of amides is 1. The Balaban J connectivity index is 2.03. The van der Waals surface area contributed by atoms with E-state index in [1.165, 1.54) is 22.8 Å². The Kier molecular flexibility index (Phi) is 4.33. The zero-order valence-electron chi connectivity index (χ0n) is 10.6. The molecule has 0 saturated heterocycles. The van der Waals surface area contributed by atoms with E-state index >= 15 is 0 Å². The van der Waals surface area contributed by atoms with Gasteiger partial charge in [-0.25, -0.2) is 0 Å². The number of benzene rings is 1. The molecular weight excluding hydrogens is 246 g/mol. The summed E-state index contributed by atoms with van der Waals surface area (Å²) in [4.78, 5) is 11.4. The van der Waals surface area contributed by atoms with E-state index in [2.05, 4.69) is 22.8 Å². The minimum Gasteiger partial charge on any atom is -0.375 e. The summed E-state index contributed by atoms with van der Waals surface area (Å²) in [5.74, 6) is -0.0652. The molecule has 1 heterocycles. The molecule has 1 atom stereocenters. The van der Waals surface area contributed by atoms with Crippen LogP contribution in [-0.4, -0.2) is 25.7 Å². The van der Waals surface area contributed by atoms with Crippen LogP contribution in [0.25, 0.3) is 10.1 Å². The average molecular weight is 263 g/mol. The van der Waals surface area contributed by atoms with Crippen molar-refractivity contribution in [3.63, 3.8) is 0 Å². The van der Waals surface area contributed by atoms with Crippen molar-refractivity contribution in [3.05, 3.63) is 35.2 Å². The second-order valence-electron chi connectivity index (χ2n) is 4.36. The quantitative estimate of drug-likeness (QED) is 0.900. The summed E-state index contributed by atoms with van der Waals surface area (Å²) >= 11 is 1.75. The molecule has 0 aliphatic carbocycles. The summed E-state index contributed by atoms with van der Waals surface area (Å²) in [6, 6.07) is 8.47. The van der Waals surface area contributed by atoms with Crippen LogP contribution in [-0.2, 0) is 16.0 Å². The Morgan fingerprint density at radius 1 is 1.44 bits per heavy atom. The van der Waals surface area contributed by atoms with Crippen molar-refractivity contribution < 1.29 is 9.53 Å². The van der Waals surface area contributed by atoms with E-state index in [9.17, 15) is 4.79 Å². The first-order valence-corrected chi connectivity index (χ1v) is 6.82. The molecule has 0 aliphatic heterocycles. The van der Waals surface area contributed by atoms with Crippen LogP contribution in [0.2, 0.25) is 0 Å². The second-order valence-corrected chi connectivity index (χ2v) is 5.27. The third-order valence-corrected chi connectivity index (χ3v) is 3.78. The van der Waals surface area contributed by atoms with Gasteiger partial charge in [0.25, 0.3) is 0 Å². The van der Waals surface area contributed by atoms with Gasteiger partial charge in [-0.05, 0) is 35.7 Å². The summed E-state index contributed by atoms with van der Waals surface area (Å²) in [6.45, 7) is 2.13. The number of thiophene rings is 1. The predicted octanol–water partition coefficient (Wildman–Crippen LogP) is 2.59. The van der Waals surface area contributed by atoms with Gasteiger partial charge < -0.3 is 10.1 Å². The molecule has 0 unspecified atom stereocenters. The first-order valence-electron chi connectivity index (χ1n) is 5.94. The van der Waals surface area contributed by atoms with Gasteiger partial charge in [0.15, 0.2) is 0 Å². The summed E-state index contributed by atoms with van der Waals surface area (Å²) in [5, 5.41) is 6.38. The largest absolute Gasteiger partial charge is 0.375 e. The number of carbonyl (C=O) groups excluding carboxylic acids is 1. The lowest BCUT2D eigenvalue weighted by molar-refractivity contribution is -0.125. The first-order chi connectivity index (χ1) is 8.70. The highest BCUT2D eigenvalue weighted by atomic mass is 32.1. The zero-order valence-corrected chi connectivity index (χ0v) is 11.4. The molecule has 18 heavy (non-hydrogen) atoms. The normalized spacial score (nSPS) is 12.6. The van der Waals surface area contributed by atoms with Gasteiger partial charge in [0.2, 0.25) is 5.91 Å². The fourth-order valence-corrected chi connectivity index (χ4v) is 3.00. The van der Waals surface area contributed by atoms with E-state index in [1.807, 2.05) is 19.1 Å². The minimum atomic E-state index is -0.0652. The van der Waals surface area contributed by atoms with Gasteiger partial charge in [-0.3, -0.25) is 4.79 Å². The molecular formula is C14H17NO2S. The van der Waals surface area contributed by atoms with Crippen molar-refractivity contribution in [1.29, 1.82) is 0 Å². The predicted molar refractivity (Wildman–Crippen MR) is 75.0 cm³/mol. The number of nitrogens with one attached hydrogen (secondary N) is 1. The molecule has 0 radical (unpaired) electrons. The molecule has 2 rings (SSSR count). The summed E-state index contributed by atoms with van der Waals surface area (Å²) in [6.07, 6.45) is 0.847. The Labute approximate surface area is 111 Å². The Bertz CT molecular complexity index is 535. The Hall–Kier alpha value is -1.39. The van der Waals surface area contributed by atoms with Crippen molar-refractivity contribution in [1.82, 2.24) is 5.32 Å². The van der Waals surface area contributed by atoms with Crippen LogP contribution in [0.1, 0.15) is 12.5 Å². The van der Waals surface area contributed by atoms with Crippen LogP contribution in [0, 0.1) is 0 Å². The lowest BCUT2D eigenvalue weighted by atomic mass is 10.1. The van der Waals surface area contributed by atoms with Crippen molar-refractivity contribution in [2.75, 3.05) is 13.7 Å². The van der Waals surface area contributed by atoms with E-state index < -0.39 is 0 Å². The lowest BCUT2D eigenvalue weighted by Crippen LogP contribution is -2.36. The molecule has 96 valence electrons. The Morgan fingerprint density at radius 2 is 2.22 bits per heavy atom. The maximum Gasteiger partial charge on any atom is 0.246 e. The molecule has 0 fully saturated rings. The minimum absolute atomic E-state index is 0.0652. The maximum absolute atomic E-state index is 11.4. The van der Waals surface area contributed by atoms with E-state index in [1.54, 1.807) is 11.3 Å². The van der Waals surface area contributed by atoms with Gasteiger partial charge in [-0.15, -0.1) is 11.3 Å². The fraction of sp³-hybridized carbons (Fsp3) is 0.357. The van der Waals surface area contributed by atoms with Crippen LogP contribution in [0.5, 0.6) is 0 Å². The molecule has 1 aromatic heterocycles. The van der Waals surface area contributed by atoms with Crippen LogP contribution in [0.15, 0.2) is 29.6 Å². The summed E-state index contributed by atoms with van der Waals surface area (Å²) in [5.41, 5.74) is 1.29. The molecule has 0 aliphatic rings. The number of ether oxygens (including phenoxy) is 1. The maximum atomic E-state index is 11.4. The zero-order chi connectivity index (χ0) is 13.0. The second kappa shape index (κ2) is 5.98. The van der Waals surface area contributed by atoms with Gasteiger partial charge in [-0.2, -0.15) is 0 Å². The highest BCUT2D eigenvalue weighted by Crippen LogP contribution is 2.26. The number of methoxy groups -OCH3 is 1. The number of fused-ring (bicyclic) bond motifs is 1. The smallest absolute Gasteiger partial charge is 0.246 e. The summed E-state index contributed by atoms with van der Waals surface area (Å²) in [7, 11) is 1.52. The lowest BCUT2D eigenvalue weighted by Gasteiger charge is -2.13. The SMILES string of the molecule is COCC(=O)N[C@H](C)Cc1csc2ccccc12. The standard InChI is InChI=1S/C14H17NO2S/c1-10(15-14(16)8-17-2)7-11-9-18-13-6-4-3-5-12(11)13/h3-6,9-10H,7-8H2,1-2H3,(H,15,16)/t10-/m1/s1. The van der Waals surface area contributed by atoms with Gasteiger partial charge in [0.05, 0.1) is 0 Å². The monoisotopic (exact) mass is 263 g/mol. The van der Waals surface area contributed by atoms with Crippen molar-refractivity contribution in [3.8, 4) is 0 Å². The third-order valence-electron chi connectivity index (χ3n) is 2.77. The number of rotatable bonds is 5. The Morgan fingerprint density at radius 3 is 3.00 bits per heavy atom. The average Bonchev–Trinajstić information content (AvgIpc) is 2.73. The van der Waals surface area contributed by atoms with E-state index in [0.29, 0.717) is 0 Å². The van der Waals surface area contributed by atoms with Crippen molar-refractivity contribution in [2.24, 2.45) is 0 Å². The van der Waals surface area contributed by atoms with E-state index in [4.69, 9.17) is 4.74 Å².